The molecule has 0 saturated heterocycles. The number of sulfonamides is 1. The van der Waals surface area contributed by atoms with Gasteiger partial charge < -0.3 is 5.32 Å². The summed E-state index contributed by atoms with van der Waals surface area (Å²) in [6, 6.07) is 1.95. The van der Waals surface area contributed by atoms with Crippen LogP contribution in [0.1, 0.15) is 36.2 Å². The molecule has 8 nitrogen and oxygen atoms in total. The average molecular weight is 315 g/mol. The van der Waals surface area contributed by atoms with Gasteiger partial charge in [-0.15, -0.1) is 0 Å². The van der Waals surface area contributed by atoms with E-state index in [0.29, 0.717) is 6.42 Å². The Labute approximate surface area is 122 Å². The van der Waals surface area contributed by atoms with E-state index in [1.54, 1.807) is 6.92 Å². The van der Waals surface area contributed by atoms with Gasteiger partial charge in [0.1, 0.15) is 0 Å². The molecule has 1 amide bonds. The number of rotatable bonds is 5. The van der Waals surface area contributed by atoms with Crippen LogP contribution in [0.2, 0.25) is 0 Å². The number of nitrogens with two attached hydrogens (primary N) is 1. The van der Waals surface area contributed by atoms with E-state index in [2.05, 4.69) is 5.32 Å². The topological polar surface area (TPSA) is 132 Å². The first-order valence-electron chi connectivity index (χ1n) is 6.20. The number of primary sulfonamides is 1. The maximum atomic E-state index is 12.0. The summed E-state index contributed by atoms with van der Waals surface area (Å²) >= 11 is 0. The smallest absolute Gasteiger partial charge is 0.274 e. The van der Waals surface area contributed by atoms with Gasteiger partial charge in [0.2, 0.25) is 10.0 Å². The monoisotopic (exact) mass is 315 g/mol. The fourth-order valence-electron chi connectivity index (χ4n) is 1.70. The van der Waals surface area contributed by atoms with Gasteiger partial charge >= 0.3 is 0 Å². The van der Waals surface area contributed by atoms with Crippen LogP contribution in [0.3, 0.4) is 0 Å². The number of hydrogen-bond acceptors (Lipinski definition) is 5. The molecule has 1 aromatic rings. The van der Waals surface area contributed by atoms with Gasteiger partial charge in [-0.3, -0.25) is 14.9 Å². The molecule has 0 aliphatic rings. The van der Waals surface area contributed by atoms with E-state index < -0.39 is 31.4 Å². The van der Waals surface area contributed by atoms with Crippen molar-refractivity contribution in [3.63, 3.8) is 0 Å². The van der Waals surface area contributed by atoms with Crippen LogP contribution < -0.4 is 10.5 Å². The minimum Gasteiger partial charge on any atom is -0.350 e. The second-order valence-electron chi connectivity index (χ2n) is 4.70. The standard InChI is InChI=1S/C12H17N3O5S/c1-4-7(2)14-12(16)9-5-10(15(17)18)8(3)11(6-9)21(13,19)20/h5-7H,4H2,1-3H3,(H,14,16)(H2,13,19,20). The third kappa shape index (κ3) is 3.99. The van der Waals surface area contributed by atoms with Crippen LogP contribution in [0.4, 0.5) is 5.69 Å². The minimum absolute atomic E-state index is 0.0948. The molecule has 1 rings (SSSR count). The van der Waals surface area contributed by atoms with Crippen LogP contribution >= 0.6 is 0 Å². The first kappa shape index (κ1) is 17.1. The maximum absolute atomic E-state index is 12.0. The summed E-state index contributed by atoms with van der Waals surface area (Å²) in [5.41, 5.74) is -0.671. The maximum Gasteiger partial charge on any atom is 0.274 e. The van der Waals surface area contributed by atoms with Crippen molar-refractivity contribution >= 4 is 21.6 Å². The molecule has 116 valence electrons. The Balaban J connectivity index is 3.45. The zero-order valence-corrected chi connectivity index (χ0v) is 12.7. The van der Waals surface area contributed by atoms with Crippen molar-refractivity contribution in [3.05, 3.63) is 33.4 Å². The van der Waals surface area contributed by atoms with Crippen molar-refractivity contribution in [2.24, 2.45) is 5.14 Å². The lowest BCUT2D eigenvalue weighted by molar-refractivity contribution is -0.385. The highest BCUT2D eigenvalue weighted by Crippen LogP contribution is 2.26. The Hall–Kier alpha value is -2.00. The number of nitrogens with one attached hydrogen (secondary N) is 1. The van der Waals surface area contributed by atoms with Crippen molar-refractivity contribution in [1.82, 2.24) is 5.32 Å². The zero-order valence-electron chi connectivity index (χ0n) is 11.9. The zero-order chi connectivity index (χ0) is 16.4. The molecule has 0 saturated carbocycles. The molecule has 21 heavy (non-hydrogen) atoms. The lowest BCUT2D eigenvalue weighted by Gasteiger charge is -2.13. The molecule has 1 aromatic carbocycles. The molecule has 0 aliphatic heterocycles. The molecule has 0 aliphatic carbocycles. The molecular formula is C12H17N3O5S. The van der Waals surface area contributed by atoms with Crippen LogP contribution in [-0.4, -0.2) is 25.3 Å². The summed E-state index contributed by atoms with van der Waals surface area (Å²) in [5, 5.41) is 18.6. The Morgan fingerprint density at radius 1 is 1.48 bits per heavy atom. The number of hydrogen-bond donors (Lipinski definition) is 2. The first-order chi connectivity index (χ1) is 9.57. The minimum atomic E-state index is -4.16. The van der Waals surface area contributed by atoms with Gasteiger partial charge in [-0.05, 0) is 26.3 Å². The number of nitro benzene ring substituents is 1. The second-order valence-corrected chi connectivity index (χ2v) is 6.23. The molecule has 3 N–H and O–H groups in total. The molecule has 0 fully saturated rings. The van der Waals surface area contributed by atoms with E-state index in [9.17, 15) is 23.3 Å². The molecule has 0 heterocycles. The number of carbonyl (C=O) groups excluding carboxylic acids is 1. The molecule has 0 radical (unpaired) electrons. The summed E-state index contributed by atoms with van der Waals surface area (Å²) in [6.07, 6.45) is 0.668. The molecule has 9 heteroatoms. The van der Waals surface area contributed by atoms with Gasteiger partial charge in [0.25, 0.3) is 11.6 Å². The Kier molecular flexibility index (Phi) is 5.02. The van der Waals surface area contributed by atoms with Crippen molar-refractivity contribution in [1.29, 1.82) is 0 Å². The van der Waals surface area contributed by atoms with E-state index in [0.717, 1.165) is 12.1 Å². The van der Waals surface area contributed by atoms with E-state index in [-0.39, 0.29) is 17.2 Å². The van der Waals surface area contributed by atoms with E-state index in [1.165, 1.54) is 6.92 Å². The molecule has 0 bridgehead atoms. The van der Waals surface area contributed by atoms with Gasteiger partial charge in [0.15, 0.2) is 0 Å². The largest absolute Gasteiger partial charge is 0.350 e. The molecule has 0 spiro atoms. The van der Waals surface area contributed by atoms with Crippen LogP contribution in [0.15, 0.2) is 17.0 Å². The number of nitrogens with zero attached hydrogens (tertiary/aromatic N) is 1. The highest BCUT2D eigenvalue weighted by molar-refractivity contribution is 7.89. The van der Waals surface area contributed by atoms with Gasteiger partial charge in [0.05, 0.1) is 9.82 Å². The number of carbonyl (C=O) groups is 1. The quantitative estimate of drug-likeness (QED) is 0.619. The molecule has 1 unspecified atom stereocenters. The third-order valence-corrected chi connectivity index (χ3v) is 4.12. The lowest BCUT2D eigenvalue weighted by atomic mass is 10.1. The highest BCUT2D eigenvalue weighted by Gasteiger charge is 2.24. The molecule has 1 atom stereocenters. The summed E-state index contributed by atoms with van der Waals surface area (Å²) in [5.74, 6) is -0.586. The third-order valence-electron chi connectivity index (χ3n) is 3.09. The summed E-state index contributed by atoms with van der Waals surface area (Å²) < 4.78 is 23.0. The predicted molar refractivity (Wildman–Crippen MR) is 76.4 cm³/mol. The van der Waals surface area contributed by atoms with Crippen LogP contribution in [-0.2, 0) is 10.0 Å². The second kappa shape index (κ2) is 6.19. The number of amides is 1. The van der Waals surface area contributed by atoms with Crippen LogP contribution in [0.25, 0.3) is 0 Å². The average Bonchev–Trinajstić information content (AvgIpc) is 2.36. The van der Waals surface area contributed by atoms with Crippen molar-refractivity contribution in [3.8, 4) is 0 Å². The van der Waals surface area contributed by atoms with Crippen molar-refractivity contribution in [2.45, 2.75) is 38.1 Å². The Morgan fingerprint density at radius 2 is 2.05 bits per heavy atom. The molecular weight excluding hydrogens is 298 g/mol. The van der Waals surface area contributed by atoms with Crippen LogP contribution in [0.5, 0.6) is 0 Å². The van der Waals surface area contributed by atoms with Crippen LogP contribution in [0, 0.1) is 17.0 Å². The van der Waals surface area contributed by atoms with E-state index in [4.69, 9.17) is 5.14 Å². The van der Waals surface area contributed by atoms with E-state index in [1.807, 2.05) is 6.92 Å². The van der Waals surface area contributed by atoms with Crippen molar-refractivity contribution in [2.75, 3.05) is 0 Å². The Morgan fingerprint density at radius 3 is 2.48 bits per heavy atom. The fourth-order valence-corrected chi connectivity index (χ4v) is 2.52. The Bertz CT molecular complexity index is 684. The normalized spacial score (nSPS) is 12.8. The number of nitro groups is 1. The van der Waals surface area contributed by atoms with Gasteiger partial charge in [-0.25, -0.2) is 13.6 Å². The summed E-state index contributed by atoms with van der Waals surface area (Å²) in [7, 11) is -4.16. The highest BCUT2D eigenvalue weighted by atomic mass is 32.2. The van der Waals surface area contributed by atoms with Gasteiger partial charge in [-0.2, -0.15) is 0 Å². The summed E-state index contributed by atoms with van der Waals surface area (Å²) in [4.78, 5) is 21.8. The SMILES string of the molecule is CCC(C)NC(=O)c1cc([N+](=O)[O-])c(C)c(S(N)(=O)=O)c1. The number of benzene rings is 1. The predicted octanol–water partition coefficient (Wildman–Crippen LogP) is 1.08. The molecule has 0 aromatic heterocycles. The van der Waals surface area contributed by atoms with Gasteiger partial charge in [-0.1, -0.05) is 6.92 Å². The van der Waals surface area contributed by atoms with E-state index >= 15 is 0 Å². The lowest BCUT2D eigenvalue weighted by Crippen LogP contribution is -2.32. The van der Waals surface area contributed by atoms with Gasteiger partial charge in [0, 0.05) is 23.2 Å². The van der Waals surface area contributed by atoms with Crippen molar-refractivity contribution < 1.29 is 18.1 Å². The fraction of sp³-hybridized carbons (Fsp3) is 0.417. The first-order valence-corrected chi connectivity index (χ1v) is 7.75. The summed E-state index contributed by atoms with van der Waals surface area (Å²) in [6.45, 7) is 4.90.